The molecule has 0 spiro atoms. The molecule has 4 rings (SSSR count). The zero-order chi connectivity index (χ0) is 19.7. The van der Waals surface area contributed by atoms with E-state index in [2.05, 4.69) is 23.2 Å². The minimum Gasteiger partial charge on any atom is -0.309 e. The van der Waals surface area contributed by atoms with E-state index in [0.29, 0.717) is 16.5 Å². The lowest BCUT2D eigenvalue weighted by Crippen LogP contribution is -2.43. The topological polar surface area (TPSA) is 51.0 Å². The fourth-order valence-corrected chi connectivity index (χ4v) is 4.35. The molecule has 3 aromatic rings. The van der Waals surface area contributed by atoms with Crippen molar-refractivity contribution in [3.8, 4) is 11.4 Å². The smallest absolute Gasteiger partial charge is 0.237 e. The van der Waals surface area contributed by atoms with Gasteiger partial charge in [0.15, 0.2) is 11.0 Å². The quantitative estimate of drug-likeness (QED) is 0.624. The maximum Gasteiger partial charge on any atom is 0.237 e. The fourth-order valence-electron chi connectivity index (χ4n) is 3.58. The van der Waals surface area contributed by atoms with E-state index in [0.717, 1.165) is 18.5 Å². The number of fused-ring (bicyclic) bond motifs is 1. The van der Waals surface area contributed by atoms with Crippen LogP contribution >= 0.6 is 11.8 Å². The highest BCUT2D eigenvalue weighted by atomic mass is 32.2. The minimum absolute atomic E-state index is 0.0418. The average molecular weight is 396 g/mol. The van der Waals surface area contributed by atoms with Gasteiger partial charge in [-0.15, -0.1) is 10.2 Å². The van der Waals surface area contributed by atoms with E-state index >= 15 is 0 Å². The summed E-state index contributed by atoms with van der Waals surface area (Å²) in [5, 5.41) is 8.86. The van der Waals surface area contributed by atoms with E-state index in [1.807, 2.05) is 23.1 Å². The summed E-state index contributed by atoms with van der Waals surface area (Å²) in [5.41, 5.74) is 2.60. The van der Waals surface area contributed by atoms with Gasteiger partial charge in [0.2, 0.25) is 5.91 Å². The number of hydrogen-bond donors (Lipinski definition) is 0. The number of carbonyl (C=O) groups excluding carboxylic acids is 1. The summed E-state index contributed by atoms with van der Waals surface area (Å²) in [4.78, 5) is 14.9. The molecule has 0 N–H and O–H groups in total. The number of thioether (sulfide) groups is 1. The number of halogens is 1. The van der Waals surface area contributed by atoms with Crippen LogP contribution in [-0.4, -0.2) is 32.5 Å². The van der Waals surface area contributed by atoms with E-state index in [1.165, 1.54) is 23.4 Å². The Kier molecular flexibility index (Phi) is 5.17. The third-order valence-corrected chi connectivity index (χ3v) is 6.07. The van der Waals surface area contributed by atoms with Crippen molar-refractivity contribution in [2.45, 2.75) is 31.0 Å². The highest BCUT2D eigenvalue weighted by Gasteiger charge is 2.28. The third kappa shape index (κ3) is 3.42. The molecule has 144 valence electrons. The molecule has 1 aromatic heterocycles. The summed E-state index contributed by atoms with van der Waals surface area (Å²) in [7, 11) is 1.79. The first-order chi connectivity index (χ1) is 13.6. The molecular formula is C21H21FN4OS. The molecule has 1 unspecified atom stereocenters. The normalized spacial score (nSPS) is 16.1. The van der Waals surface area contributed by atoms with Gasteiger partial charge < -0.3 is 9.47 Å². The molecule has 28 heavy (non-hydrogen) atoms. The zero-order valence-electron chi connectivity index (χ0n) is 15.8. The van der Waals surface area contributed by atoms with Gasteiger partial charge in [-0.1, -0.05) is 42.1 Å². The van der Waals surface area contributed by atoms with Crippen molar-refractivity contribution in [3.05, 3.63) is 59.9 Å². The molecule has 0 saturated carbocycles. The Labute approximate surface area is 167 Å². The monoisotopic (exact) mass is 396 g/mol. The van der Waals surface area contributed by atoms with Crippen LogP contribution in [0.1, 0.15) is 18.9 Å². The van der Waals surface area contributed by atoms with Gasteiger partial charge in [-0.2, -0.15) is 0 Å². The number of aromatic nitrogens is 3. The Hall–Kier alpha value is -2.67. The second kappa shape index (κ2) is 7.75. The van der Waals surface area contributed by atoms with Gasteiger partial charge in [0, 0.05) is 18.8 Å². The lowest BCUT2D eigenvalue weighted by atomic mass is 9.97. The van der Waals surface area contributed by atoms with Crippen LogP contribution in [0.4, 0.5) is 10.1 Å². The maximum atomic E-state index is 14.1. The number of carbonyl (C=O) groups is 1. The van der Waals surface area contributed by atoms with Gasteiger partial charge >= 0.3 is 0 Å². The lowest BCUT2D eigenvalue weighted by Gasteiger charge is -2.35. The highest BCUT2D eigenvalue weighted by Crippen LogP contribution is 2.32. The van der Waals surface area contributed by atoms with Crippen molar-refractivity contribution in [1.82, 2.24) is 14.8 Å². The predicted molar refractivity (Wildman–Crippen MR) is 109 cm³/mol. The van der Waals surface area contributed by atoms with Crippen molar-refractivity contribution in [2.75, 3.05) is 10.7 Å². The molecule has 0 aliphatic carbocycles. The van der Waals surface area contributed by atoms with Gasteiger partial charge in [-0.25, -0.2) is 4.39 Å². The molecule has 7 heteroatoms. The molecule has 0 saturated heterocycles. The van der Waals surface area contributed by atoms with Crippen molar-refractivity contribution < 1.29 is 9.18 Å². The maximum absolute atomic E-state index is 14.1. The first-order valence-electron chi connectivity index (χ1n) is 9.23. The molecule has 0 bridgehead atoms. The van der Waals surface area contributed by atoms with Crippen LogP contribution in [0, 0.1) is 5.82 Å². The Morgan fingerprint density at radius 2 is 1.93 bits per heavy atom. The van der Waals surface area contributed by atoms with E-state index < -0.39 is 0 Å². The molecule has 1 aliphatic rings. The Morgan fingerprint density at radius 3 is 2.75 bits per heavy atom. The molecule has 1 amide bonds. The largest absolute Gasteiger partial charge is 0.309 e. The fraction of sp³-hybridized carbons (Fsp3) is 0.286. The van der Waals surface area contributed by atoms with Crippen molar-refractivity contribution in [1.29, 1.82) is 0 Å². The summed E-state index contributed by atoms with van der Waals surface area (Å²) >= 11 is 1.32. The SMILES string of the molecule is CC1CCc2ccccc2N1C(=O)CSc1nnc(-c2ccccc2F)n1C. The number of aryl methyl sites for hydroxylation is 1. The van der Waals surface area contributed by atoms with E-state index in [-0.39, 0.29) is 23.5 Å². The molecule has 0 fully saturated rings. The number of hydrogen-bond acceptors (Lipinski definition) is 4. The third-order valence-electron chi connectivity index (χ3n) is 5.07. The number of para-hydroxylation sites is 1. The number of nitrogens with zero attached hydrogens (tertiary/aromatic N) is 4. The molecule has 0 radical (unpaired) electrons. The van der Waals surface area contributed by atoms with Gasteiger partial charge in [0.05, 0.1) is 11.3 Å². The van der Waals surface area contributed by atoms with E-state index in [4.69, 9.17) is 0 Å². The summed E-state index contributed by atoms with van der Waals surface area (Å²) in [6.07, 6.45) is 1.94. The van der Waals surface area contributed by atoms with Gasteiger partial charge in [-0.05, 0) is 43.5 Å². The molecule has 2 aromatic carbocycles. The van der Waals surface area contributed by atoms with Crippen molar-refractivity contribution in [2.24, 2.45) is 7.05 Å². The summed E-state index contributed by atoms with van der Waals surface area (Å²) < 4.78 is 15.8. The minimum atomic E-state index is -0.343. The second-order valence-electron chi connectivity index (χ2n) is 6.91. The standard InChI is InChI=1S/C21H21FN4OS/c1-14-11-12-15-7-3-6-10-18(15)26(14)19(27)13-28-21-24-23-20(25(21)2)16-8-4-5-9-17(16)22/h3-10,14H,11-13H2,1-2H3. The second-order valence-corrected chi connectivity index (χ2v) is 7.86. The number of amides is 1. The first-order valence-corrected chi connectivity index (χ1v) is 10.2. The van der Waals surface area contributed by atoms with E-state index in [9.17, 15) is 9.18 Å². The van der Waals surface area contributed by atoms with E-state index in [1.54, 1.807) is 29.8 Å². The van der Waals surface area contributed by atoms with Crippen molar-refractivity contribution in [3.63, 3.8) is 0 Å². The number of rotatable bonds is 4. The predicted octanol–water partition coefficient (Wildman–Crippen LogP) is 4.08. The zero-order valence-corrected chi connectivity index (χ0v) is 16.6. The van der Waals surface area contributed by atoms with Crippen LogP contribution in [0.5, 0.6) is 0 Å². The molecule has 2 heterocycles. The highest BCUT2D eigenvalue weighted by molar-refractivity contribution is 7.99. The van der Waals surface area contributed by atoms with Crippen LogP contribution in [0.3, 0.4) is 0 Å². The molecule has 1 atom stereocenters. The number of anilines is 1. The Morgan fingerprint density at radius 1 is 1.18 bits per heavy atom. The Bertz CT molecular complexity index is 1020. The summed E-state index contributed by atoms with van der Waals surface area (Å²) in [6, 6.07) is 14.7. The lowest BCUT2D eigenvalue weighted by molar-refractivity contribution is -0.116. The molecule has 5 nitrogen and oxygen atoms in total. The molecule has 1 aliphatic heterocycles. The Balaban J connectivity index is 1.51. The van der Waals surface area contributed by atoms with Gasteiger partial charge in [0.25, 0.3) is 0 Å². The summed E-state index contributed by atoms with van der Waals surface area (Å²) in [6.45, 7) is 2.08. The van der Waals surface area contributed by atoms with Gasteiger partial charge in [-0.3, -0.25) is 4.79 Å². The summed E-state index contributed by atoms with van der Waals surface area (Å²) in [5.74, 6) is 0.399. The van der Waals surface area contributed by atoms with Crippen LogP contribution in [0.2, 0.25) is 0 Å². The van der Waals surface area contributed by atoms with Crippen LogP contribution in [0.15, 0.2) is 53.7 Å². The van der Waals surface area contributed by atoms with Crippen LogP contribution in [-0.2, 0) is 18.3 Å². The van der Waals surface area contributed by atoms with Crippen molar-refractivity contribution >= 4 is 23.4 Å². The average Bonchev–Trinajstić information content (AvgIpc) is 3.06. The molecular weight excluding hydrogens is 375 g/mol. The number of benzene rings is 2. The van der Waals surface area contributed by atoms with Crippen LogP contribution in [0.25, 0.3) is 11.4 Å². The van der Waals surface area contributed by atoms with Gasteiger partial charge in [0.1, 0.15) is 5.82 Å². The first kappa shape index (κ1) is 18.7. The van der Waals surface area contributed by atoms with Crippen LogP contribution < -0.4 is 4.90 Å².